The molecule has 0 radical (unpaired) electrons. The van der Waals surface area contributed by atoms with E-state index in [9.17, 15) is 4.39 Å². The van der Waals surface area contributed by atoms with Crippen LogP contribution in [-0.2, 0) is 17.8 Å². The summed E-state index contributed by atoms with van der Waals surface area (Å²) in [6.07, 6.45) is 0.420. The Hall–Kier alpha value is -1.13. The van der Waals surface area contributed by atoms with Crippen molar-refractivity contribution >= 4 is 0 Å². The summed E-state index contributed by atoms with van der Waals surface area (Å²) in [5, 5.41) is 3.03. The maximum absolute atomic E-state index is 13.7. The number of rotatable bonds is 2. The zero-order chi connectivity index (χ0) is 12.4. The van der Waals surface area contributed by atoms with Gasteiger partial charge < -0.3 is 14.8 Å². The first-order valence-corrected chi connectivity index (χ1v) is 6.54. The van der Waals surface area contributed by atoms with Gasteiger partial charge in [0.05, 0.1) is 13.2 Å². The summed E-state index contributed by atoms with van der Waals surface area (Å²) < 4.78 is 24.8. The highest BCUT2D eigenvalue weighted by Gasteiger charge is 2.26. The van der Waals surface area contributed by atoms with Crippen molar-refractivity contribution in [3.8, 4) is 5.75 Å². The fourth-order valence-electron chi connectivity index (χ4n) is 2.52. The van der Waals surface area contributed by atoms with Crippen molar-refractivity contribution in [1.29, 1.82) is 0 Å². The highest BCUT2D eigenvalue weighted by Crippen LogP contribution is 2.25. The van der Waals surface area contributed by atoms with Crippen LogP contribution in [0, 0.1) is 0 Å². The van der Waals surface area contributed by atoms with Crippen LogP contribution in [0.4, 0.5) is 4.39 Å². The van der Waals surface area contributed by atoms with Gasteiger partial charge in [-0.1, -0.05) is 6.07 Å². The van der Waals surface area contributed by atoms with Gasteiger partial charge in [0.25, 0.3) is 0 Å². The topological polar surface area (TPSA) is 30.5 Å². The summed E-state index contributed by atoms with van der Waals surface area (Å²) >= 11 is 0. The molecule has 0 spiro atoms. The van der Waals surface area contributed by atoms with Gasteiger partial charge in [-0.2, -0.15) is 0 Å². The molecule has 2 atom stereocenters. The third-order valence-corrected chi connectivity index (χ3v) is 3.59. The number of ether oxygens (including phenoxy) is 2. The molecule has 3 rings (SSSR count). The van der Waals surface area contributed by atoms with Crippen LogP contribution in [0.5, 0.6) is 5.75 Å². The van der Waals surface area contributed by atoms with E-state index in [-0.39, 0.29) is 6.10 Å². The number of halogens is 1. The predicted molar refractivity (Wildman–Crippen MR) is 66.6 cm³/mol. The molecular weight excluding hydrogens is 233 g/mol. The molecule has 1 aromatic carbocycles. The second-order valence-electron chi connectivity index (χ2n) is 4.90. The van der Waals surface area contributed by atoms with Crippen LogP contribution in [0.25, 0.3) is 0 Å². The van der Waals surface area contributed by atoms with E-state index in [1.165, 1.54) is 11.1 Å². The summed E-state index contributed by atoms with van der Waals surface area (Å²) in [7, 11) is 0. The monoisotopic (exact) mass is 251 g/mol. The number of fused-ring (bicyclic) bond motifs is 1. The average Bonchev–Trinajstić information content (AvgIpc) is 2.41. The van der Waals surface area contributed by atoms with E-state index in [0.717, 1.165) is 31.7 Å². The first kappa shape index (κ1) is 11.9. The molecule has 2 heterocycles. The molecule has 0 saturated carbocycles. The van der Waals surface area contributed by atoms with E-state index in [1.54, 1.807) is 0 Å². The minimum absolute atomic E-state index is 0.325. The van der Waals surface area contributed by atoms with Gasteiger partial charge in [0.2, 0.25) is 0 Å². The number of piperidine rings is 1. The van der Waals surface area contributed by atoms with Gasteiger partial charge >= 0.3 is 0 Å². The zero-order valence-corrected chi connectivity index (χ0v) is 10.3. The summed E-state index contributed by atoms with van der Waals surface area (Å²) in [5.41, 5.74) is 2.49. The van der Waals surface area contributed by atoms with E-state index in [4.69, 9.17) is 9.47 Å². The van der Waals surface area contributed by atoms with Crippen LogP contribution in [-0.4, -0.2) is 32.0 Å². The lowest BCUT2D eigenvalue weighted by Crippen LogP contribution is -2.44. The molecule has 98 valence electrons. The summed E-state index contributed by atoms with van der Waals surface area (Å²) in [4.78, 5) is 0. The summed E-state index contributed by atoms with van der Waals surface area (Å²) in [6, 6.07) is 6.00. The van der Waals surface area contributed by atoms with Crippen molar-refractivity contribution in [3.05, 3.63) is 29.3 Å². The lowest BCUT2D eigenvalue weighted by Gasteiger charge is -2.28. The molecule has 2 aliphatic rings. The van der Waals surface area contributed by atoms with Crippen LogP contribution in [0.2, 0.25) is 0 Å². The second-order valence-corrected chi connectivity index (χ2v) is 4.90. The van der Waals surface area contributed by atoms with Gasteiger partial charge in [0, 0.05) is 6.54 Å². The van der Waals surface area contributed by atoms with Gasteiger partial charge in [0.15, 0.2) is 0 Å². The first-order chi connectivity index (χ1) is 8.83. The molecule has 18 heavy (non-hydrogen) atoms. The van der Waals surface area contributed by atoms with Crippen LogP contribution in [0.1, 0.15) is 17.5 Å². The number of benzene rings is 1. The van der Waals surface area contributed by atoms with Gasteiger partial charge in [0.1, 0.15) is 18.0 Å². The van der Waals surface area contributed by atoms with Gasteiger partial charge in [-0.15, -0.1) is 0 Å². The van der Waals surface area contributed by atoms with Crippen molar-refractivity contribution < 1.29 is 13.9 Å². The fourth-order valence-corrected chi connectivity index (χ4v) is 2.52. The van der Waals surface area contributed by atoms with Gasteiger partial charge in [-0.05, 0) is 42.6 Å². The van der Waals surface area contributed by atoms with Crippen LogP contribution in [0.15, 0.2) is 18.2 Å². The predicted octanol–water partition coefficient (Wildman–Crippen LogP) is 1.84. The molecule has 1 aromatic rings. The Bertz CT molecular complexity index is 424. The molecular formula is C14H18FNO2. The van der Waals surface area contributed by atoms with Gasteiger partial charge in [-0.25, -0.2) is 4.39 Å². The maximum atomic E-state index is 13.7. The minimum atomic E-state index is -0.925. The van der Waals surface area contributed by atoms with E-state index in [2.05, 4.69) is 11.4 Å². The van der Waals surface area contributed by atoms with Crippen LogP contribution < -0.4 is 10.1 Å². The Morgan fingerprint density at radius 2 is 2.28 bits per heavy atom. The van der Waals surface area contributed by atoms with Crippen molar-refractivity contribution in [3.63, 3.8) is 0 Å². The van der Waals surface area contributed by atoms with Crippen molar-refractivity contribution in [2.45, 2.75) is 31.7 Å². The minimum Gasteiger partial charge on any atom is -0.487 e. The third kappa shape index (κ3) is 2.49. The zero-order valence-electron chi connectivity index (χ0n) is 10.3. The van der Waals surface area contributed by atoms with E-state index in [1.807, 2.05) is 12.1 Å². The molecule has 4 heteroatoms. The van der Waals surface area contributed by atoms with E-state index >= 15 is 0 Å². The van der Waals surface area contributed by atoms with Gasteiger partial charge in [-0.3, -0.25) is 0 Å². The number of alkyl halides is 1. The van der Waals surface area contributed by atoms with Crippen molar-refractivity contribution in [1.82, 2.24) is 5.32 Å². The highest BCUT2D eigenvalue weighted by molar-refractivity contribution is 5.36. The Labute approximate surface area is 106 Å². The Balaban J connectivity index is 1.72. The summed E-state index contributed by atoms with van der Waals surface area (Å²) in [6.45, 7) is 2.63. The molecule has 1 N–H and O–H groups in total. The highest BCUT2D eigenvalue weighted by atomic mass is 19.1. The number of hydrogen-bond acceptors (Lipinski definition) is 3. The molecule has 0 unspecified atom stereocenters. The lowest BCUT2D eigenvalue weighted by atomic mass is 10.0. The molecule has 3 nitrogen and oxygen atoms in total. The maximum Gasteiger partial charge on any atom is 0.149 e. The van der Waals surface area contributed by atoms with E-state index < -0.39 is 6.17 Å². The van der Waals surface area contributed by atoms with Crippen molar-refractivity contribution in [2.75, 3.05) is 19.7 Å². The average molecular weight is 251 g/mol. The fraction of sp³-hybridized carbons (Fsp3) is 0.571. The lowest BCUT2D eigenvalue weighted by molar-refractivity contribution is 0.0722. The standard InChI is InChI=1S/C14H18FNO2/c15-13-8-16-5-3-14(13)18-12-2-1-10-4-6-17-9-11(10)7-12/h1-2,7,13-14,16H,3-6,8-9H2/t13-,14+/m0/s1. The smallest absolute Gasteiger partial charge is 0.149 e. The van der Waals surface area contributed by atoms with Crippen LogP contribution >= 0.6 is 0 Å². The summed E-state index contributed by atoms with van der Waals surface area (Å²) in [5.74, 6) is 0.758. The number of hydrogen-bond donors (Lipinski definition) is 1. The quantitative estimate of drug-likeness (QED) is 0.870. The SMILES string of the molecule is F[C@H]1CNCC[C@H]1Oc1ccc2c(c1)COCC2. The Morgan fingerprint density at radius 1 is 1.33 bits per heavy atom. The van der Waals surface area contributed by atoms with E-state index in [0.29, 0.717) is 13.2 Å². The normalized spacial score (nSPS) is 27.6. The first-order valence-electron chi connectivity index (χ1n) is 6.54. The Morgan fingerprint density at radius 3 is 3.17 bits per heavy atom. The molecule has 0 amide bonds. The molecule has 0 aromatic heterocycles. The second kappa shape index (κ2) is 5.24. The largest absolute Gasteiger partial charge is 0.487 e. The molecule has 0 aliphatic carbocycles. The molecule has 2 aliphatic heterocycles. The molecule has 0 bridgehead atoms. The number of nitrogens with one attached hydrogen (secondary N) is 1. The Kier molecular flexibility index (Phi) is 3.48. The molecule has 1 fully saturated rings. The van der Waals surface area contributed by atoms with Crippen molar-refractivity contribution in [2.24, 2.45) is 0 Å². The van der Waals surface area contributed by atoms with Crippen LogP contribution in [0.3, 0.4) is 0 Å². The molecule has 1 saturated heterocycles. The third-order valence-electron chi connectivity index (χ3n) is 3.59.